The third-order valence-electron chi connectivity index (χ3n) is 3.41. The molecule has 1 aromatic carbocycles. The van der Waals surface area contributed by atoms with Crippen molar-refractivity contribution in [1.82, 2.24) is 0 Å². The Kier molecular flexibility index (Phi) is 12.9. The molecule has 0 bridgehead atoms. The predicted molar refractivity (Wildman–Crippen MR) is 94.2 cm³/mol. The molecule has 0 amide bonds. The van der Waals surface area contributed by atoms with Crippen LogP contribution in [0.1, 0.15) is 57.4 Å². The van der Waals surface area contributed by atoms with Crippen LogP contribution < -0.4 is 0 Å². The zero-order valence-electron chi connectivity index (χ0n) is 14.3. The molecular formula is C19H28O5. The van der Waals surface area contributed by atoms with E-state index in [1.165, 1.54) is 44.9 Å². The van der Waals surface area contributed by atoms with Crippen molar-refractivity contribution < 1.29 is 24.9 Å². The van der Waals surface area contributed by atoms with Gasteiger partial charge >= 0.3 is 11.9 Å². The second kappa shape index (κ2) is 14.3. The lowest BCUT2D eigenvalue weighted by Crippen LogP contribution is -1.91. The van der Waals surface area contributed by atoms with E-state index in [0.29, 0.717) is 17.9 Å². The maximum absolute atomic E-state index is 9.58. The highest BCUT2D eigenvalue weighted by molar-refractivity contribution is 5.89. The van der Waals surface area contributed by atoms with Gasteiger partial charge in [-0.25, -0.2) is 9.59 Å². The van der Waals surface area contributed by atoms with E-state index in [9.17, 15) is 14.7 Å². The average molecular weight is 336 g/mol. The van der Waals surface area contributed by atoms with Gasteiger partial charge in [0.2, 0.25) is 0 Å². The van der Waals surface area contributed by atoms with Gasteiger partial charge in [0.25, 0.3) is 0 Å². The molecule has 24 heavy (non-hydrogen) atoms. The number of para-hydroxylation sites is 1. The van der Waals surface area contributed by atoms with Gasteiger partial charge in [-0.15, -0.1) is 0 Å². The van der Waals surface area contributed by atoms with Gasteiger partial charge in [0.05, 0.1) is 0 Å². The number of carboxylic acids is 2. The summed E-state index contributed by atoms with van der Waals surface area (Å²) in [6, 6.07) is 7.67. The monoisotopic (exact) mass is 336 g/mol. The Morgan fingerprint density at radius 3 is 1.88 bits per heavy atom. The number of aromatic hydroxyl groups is 1. The maximum atomic E-state index is 9.58. The number of carboxylic acid groups (broad SMARTS) is 2. The van der Waals surface area contributed by atoms with Crippen molar-refractivity contribution >= 4 is 11.9 Å². The summed E-state index contributed by atoms with van der Waals surface area (Å²) in [6.07, 6.45) is 11.4. The van der Waals surface area contributed by atoms with Crippen molar-refractivity contribution in [2.75, 3.05) is 0 Å². The topological polar surface area (TPSA) is 94.8 Å². The fourth-order valence-electron chi connectivity index (χ4n) is 2.14. The molecule has 0 unspecified atom stereocenters. The lowest BCUT2D eigenvalue weighted by atomic mass is 10.0. The third kappa shape index (κ3) is 13.4. The zero-order chi connectivity index (χ0) is 18.2. The molecule has 0 atom stereocenters. The first-order valence-electron chi connectivity index (χ1n) is 8.38. The number of phenols is 1. The lowest BCUT2D eigenvalue weighted by Gasteiger charge is -2.04. The standard InChI is InChI=1S/C15H24O.C4H4O4/c1-2-3-4-5-6-7-8-11-14-12-9-10-13-15(14)16;5-3(6)1-2-4(7)8/h9-10,12-13,16H,2-8,11H2,1H3;1-2H,(H,5,6)(H,7,8). The Hall–Kier alpha value is -2.30. The molecule has 0 heterocycles. The molecule has 1 rings (SSSR count). The van der Waals surface area contributed by atoms with E-state index in [4.69, 9.17) is 10.2 Å². The first-order valence-corrected chi connectivity index (χ1v) is 8.38. The van der Waals surface area contributed by atoms with Crippen molar-refractivity contribution in [1.29, 1.82) is 0 Å². The summed E-state index contributed by atoms with van der Waals surface area (Å²) in [5.41, 5.74) is 1.09. The molecule has 5 heteroatoms. The van der Waals surface area contributed by atoms with Gasteiger partial charge in [0.1, 0.15) is 5.75 Å². The Labute approximate surface area is 143 Å². The fourth-order valence-corrected chi connectivity index (χ4v) is 2.14. The molecule has 1 aromatic rings. The lowest BCUT2D eigenvalue weighted by molar-refractivity contribution is -0.134. The van der Waals surface area contributed by atoms with Gasteiger partial charge in [-0.05, 0) is 24.5 Å². The second-order valence-electron chi connectivity index (χ2n) is 5.51. The van der Waals surface area contributed by atoms with Gasteiger partial charge in [-0.1, -0.05) is 63.6 Å². The minimum Gasteiger partial charge on any atom is -0.508 e. The molecule has 0 fully saturated rings. The SMILES string of the molecule is CCCCCCCCCc1ccccc1O.O=C(O)C=CC(=O)O. The largest absolute Gasteiger partial charge is 0.508 e. The van der Waals surface area contributed by atoms with Crippen LogP contribution >= 0.6 is 0 Å². The number of hydrogen-bond acceptors (Lipinski definition) is 3. The quantitative estimate of drug-likeness (QED) is 0.435. The number of aryl methyl sites for hydroxylation is 1. The van der Waals surface area contributed by atoms with E-state index in [1.54, 1.807) is 6.07 Å². The van der Waals surface area contributed by atoms with Crippen molar-refractivity contribution in [2.24, 2.45) is 0 Å². The van der Waals surface area contributed by atoms with E-state index in [-0.39, 0.29) is 0 Å². The van der Waals surface area contributed by atoms with Crippen LogP contribution in [-0.2, 0) is 16.0 Å². The predicted octanol–water partition coefficient (Wildman–Crippen LogP) is 4.40. The highest BCUT2D eigenvalue weighted by Crippen LogP contribution is 2.18. The number of phenolic OH excluding ortho intramolecular Hbond substituents is 1. The summed E-state index contributed by atoms with van der Waals surface area (Å²) in [4.78, 5) is 19.1. The van der Waals surface area contributed by atoms with E-state index >= 15 is 0 Å². The molecule has 3 N–H and O–H groups in total. The van der Waals surface area contributed by atoms with Crippen LogP contribution in [0.2, 0.25) is 0 Å². The summed E-state index contributed by atoms with van der Waals surface area (Å²) in [5, 5.41) is 25.2. The Bertz CT molecular complexity index is 492. The van der Waals surface area contributed by atoms with Crippen LogP contribution in [0, 0.1) is 0 Å². The highest BCUT2D eigenvalue weighted by atomic mass is 16.4. The number of hydrogen-bond donors (Lipinski definition) is 3. The van der Waals surface area contributed by atoms with Crippen LogP contribution in [0.25, 0.3) is 0 Å². The van der Waals surface area contributed by atoms with E-state index < -0.39 is 11.9 Å². The number of aliphatic carboxylic acids is 2. The van der Waals surface area contributed by atoms with Crippen molar-refractivity contribution in [3.05, 3.63) is 42.0 Å². The van der Waals surface area contributed by atoms with E-state index in [0.717, 1.165) is 12.0 Å². The molecule has 0 aliphatic rings. The Morgan fingerprint density at radius 1 is 0.875 bits per heavy atom. The van der Waals surface area contributed by atoms with Crippen LogP contribution in [-0.4, -0.2) is 27.3 Å². The summed E-state index contributed by atoms with van der Waals surface area (Å²) in [5.74, 6) is -2.06. The van der Waals surface area contributed by atoms with Gasteiger partial charge in [-0.2, -0.15) is 0 Å². The van der Waals surface area contributed by atoms with Crippen molar-refractivity contribution in [3.8, 4) is 5.75 Å². The maximum Gasteiger partial charge on any atom is 0.328 e. The van der Waals surface area contributed by atoms with Gasteiger partial charge in [0.15, 0.2) is 0 Å². The molecule has 0 radical (unpaired) electrons. The molecule has 5 nitrogen and oxygen atoms in total. The summed E-state index contributed by atoms with van der Waals surface area (Å²) < 4.78 is 0. The molecule has 0 aliphatic heterocycles. The highest BCUT2D eigenvalue weighted by Gasteiger charge is 1.98. The molecule has 0 saturated heterocycles. The zero-order valence-corrected chi connectivity index (χ0v) is 14.3. The Morgan fingerprint density at radius 2 is 1.38 bits per heavy atom. The van der Waals surface area contributed by atoms with E-state index in [2.05, 4.69) is 6.92 Å². The van der Waals surface area contributed by atoms with Crippen LogP contribution in [0.4, 0.5) is 0 Å². The third-order valence-corrected chi connectivity index (χ3v) is 3.41. The number of benzene rings is 1. The molecule has 0 aromatic heterocycles. The number of unbranched alkanes of at least 4 members (excludes halogenated alkanes) is 6. The fraction of sp³-hybridized carbons (Fsp3) is 0.474. The summed E-state index contributed by atoms with van der Waals surface area (Å²) in [6.45, 7) is 2.25. The minimum atomic E-state index is -1.26. The van der Waals surface area contributed by atoms with Crippen LogP contribution in [0.5, 0.6) is 5.75 Å². The van der Waals surface area contributed by atoms with E-state index in [1.807, 2.05) is 18.2 Å². The normalized spacial score (nSPS) is 10.2. The molecule has 134 valence electrons. The first kappa shape index (κ1) is 21.7. The van der Waals surface area contributed by atoms with Crippen LogP contribution in [0.3, 0.4) is 0 Å². The Balaban J connectivity index is 0.000000561. The van der Waals surface area contributed by atoms with Crippen molar-refractivity contribution in [3.63, 3.8) is 0 Å². The summed E-state index contributed by atoms with van der Waals surface area (Å²) >= 11 is 0. The first-order chi connectivity index (χ1) is 11.5. The van der Waals surface area contributed by atoms with Gasteiger partial charge in [0, 0.05) is 12.2 Å². The van der Waals surface area contributed by atoms with Crippen molar-refractivity contribution in [2.45, 2.75) is 58.3 Å². The molecule has 0 aliphatic carbocycles. The molecule has 0 spiro atoms. The van der Waals surface area contributed by atoms with Gasteiger partial charge < -0.3 is 15.3 Å². The molecule has 0 saturated carbocycles. The number of carbonyl (C=O) groups is 2. The number of rotatable bonds is 10. The average Bonchev–Trinajstić information content (AvgIpc) is 2.54. The van der Waals surface area contributed by atoms with Crippen LogP contribution in [0.15, 0.2) is 36.4 Å². The second-order valence-corrected chi connectivity index (χ2v) is 5.51. The summed E-state index contributed by atoms with van der Waals surface area (Å²) in [7, 11) is 0. The smallest absolute Gasteiger partial charge is 0.328 e. The molecular weight excluding hydrogens is 308 g/mol. The minimum absolute atomic E-state index is 0.452. The van der Waals surface area contributed by atoms with Gasteiger partial charge in [-0.3, -0.25) is 0 Å².